The average molecular weight is 286 g/mol. The standard InChI is InChI=1S/C13H22N2O3S/c1-13(5-2-6-19-13)8-14-12(18)15-10-4-3-9(7-10)11(16)17/h9-10H,2-8H2,1H3,(H,16,17)(H2,14,15,18)/t9-,10+,13?/m1/s1. The third-order valence-corrected chi connectivity index (χ3v) is 5.58. The molecule has 2 rings (SSSR count). The summed E-state index contributed by atoms with van der Waals surface area (Å²) in [5, 5.41) is 14.7. The Morgan fingerprint density at radius 3 is 2.79 bits per heavy atom. The molecule has 3 N–H and O–H groups in total. The molecule has 2 aliphatic rings. The van der Waals surface area contributed by atoms with Crippen LogP contribution in [0.15, 0.2) is 0 Å². The summed E-state index contributed by atoms with van der Waals surface area (Å²) in [6.07, 6.45) is 4.33. The summed E-state index contributed by atoms with van der Waals surface area (Å²) in [5.74, 6) is 0.121. The Hall–Kier alpha value is -0.910. The van der Waals surface area contributed by atoms with Crippen molar-refractivity contribution in [2.45, 2.75) is 49.8 Å². The van der Waals surface area contributed by atoms with Gasteiger partial charge in [0.05, 0.1) is 5.92 Å². The van der Waals surface area contributed by atoms with E-state index in [0.29, 0.717) is 19.4 Å². The normalized spacial score (nSPS) is 34.2. The lowest BCUT2D eigenvalue weighted by Gasteiger charge is -2.23. The molecule has 0 radical (unpaired) electrons. The molecule has 6 heteroatoms. The Morgan fingerprint density at radius 1 is 1.42 bits per heavy atom. The first kappa shape index (κ1) is 14.5. The highest BCUT2D eigenvalue weighted by atomic mass is 32.2. The highest BCUT2D eigenvalue weighted by molar-refractivity contribution is 8.00. The number of aliphatic carboxylic acids is 1. The summed E-state index contributed by atoms with van der Waals surface area (Å²) in [6.45, 7) is 2.86. The van der Waals surface area contributed by atoms with E-state index in [9.17, 15) is 9.59 Å². The fourth-order valence-corrected chi connectivity index (χ4v) is 4.06. The molecule has 0 aromatic heterocycles. The molecule has 2 fully saturated rings. The number of hydrogen-bond acceptors (Lipinski definition) is 3. The van der Waals surface area contributed by atoms with E-state index < -0.39 is 5.97 Å². The van der Waals surface area contributed by atoms with Gasteiger partial charge >= 0.3 is 12.0 Å². The predicted octanol–water partition coefficient (Wildman–Crippen LogP) is 1.82. The van der Waals surface area contributed by atoms with Crippen molar-refractivity contribution < 1.29 is 14.7 Å². The van der Waals surface area contributed by atoms with Crippen molar-refractivity contribution in [1.29, 1.82) is 0 Å². The van der Waals surface area contributed by atoms with Crippen molar-refractivity contribution in [3.63, 3.8) is 0 Å². The van der Waals surface area contributed by atoms with E-state index in [-0.39, 0.29) is 22.7 Å². The minimum atomic E-state index is -0.750. The van der Waals surface area contributed by atoms with Crippen LogP contribution in [0.3, 0.4) is 0 Å². The molecule has 0 bridgehead atoms. The SMILES string of the molecule is CC1(CNC(=O)N[C@H]2CC[C@@H](C(=O)O)C2)CCCS1. The highest BCUT2D eigenvalue weighted by Gasteiger charge is 2.32. The van der Waals surface area contributed by atoms with Crippen LogP contribution in [-0.4, -0.2) is 40.2 Å². The summed E-state index contributed by atoms with van der Waals surface area (Å²) >= 11 is 1.91. The van der Waals surface area contributed by atoms with Crippen LogP contribution in [0, 0.1) is 5.92 Å². The van der Waals surface area contributed by atoms with Crippen LogP contribution in [0.1, 0.15) is 39.0 Å². The number of carboxylic acids is 1. The first-order valence-electron chi connectivity index (χ1n) is 6.90. The number of carbonyl (C=O) groups is 2. The van der Waals surface area contributed by atoms with Crippen LogP contribution in [-0.2, 0) is 4.79 Å². The molecule has 0 aromatic carbocycles. The van der Waals surface area contributed by atoms with Crippen LogP contribution in [0.2, 0.25) is 0 Å². The number of carbonyl (C=O) groups excluding carboxylic acids is 1. The Balaban J connectivity index is 1.69. The second-order valence-corrected chi connectivity index (χ2v) is 7.46. The number of nitrogens with one attached hydrogen (secondary N) is 2. The van der Waals surface area contributed by atoms with E-state index in [4.69, 9.17) is 5.11 Å². The fourth-order valence-electron chi connectivity index (χ4n) is 2.82. The summed E-state index contributed by atoms with van der Waals surface area (Å²) in [5.41, 5.74) is 0. The molecular formula is C13H22N2O3S. The highest BCUT2D eigenvalue weighted by Crippen LogP contribution is 2.36. The van der Waals surface area contributed by atoms with Crippen LogP contribution in [0.25, 0.3) is 0 Å². The van der Waals surface area contributed by atoms with Gasteiger partial charge in [-0.1, -0.05) is 0 Å². The third-order valence-electron chi connectivity index (χ3n) is 4.04. The maximum absolute atomic E-state index is 11.8. The van der Waals surface area contributed by atoms with Crippen molar-refractivity contribution in [2.75, 3.05) is 12.3 Å². The summed E-state index contributed by atoms with van der Waals surface area (Å²) in [7, 11) is 0. The minimum absolute atomic E-state index is 0.00476. The lowest BCUT2D eigenvalue weighted by atomic mass is 10.1. The van der Waals surface area contributed by atoms with Gasteiger partial charge in [0, 0.05) is 17.3 Å². The molecule has 3 atom stereocenters. The van der Waals surface area contributed by atoms with Crippen LogP contribution < -0.4 is 10.6 Å². The molecule has 1 unspecified atom stereocenters. The van der Waals surface area contributed by atoms with Crippen molar-refractivity contribution >= 4 is 23.8 Å². The summed E-state index contributed by atoms with van der Waals surface area (Å²) in [6, 6.07) is -0.157. The first-order valence-corrected chi connectivity index (χ1v) is 7.88. The topological polar surface area (TPSA) is 78.4 Å². The monoisotopic (exact) mass is 286 g/mol. The zero-order chi connectivity index (χ0) is 13.9. The van der Waals surface area contributed by atoms with E-state index in [1.54, 1.807) is 0 Å². The smallest absolute Gasteiger partial charge is 0.315 e. The van der Waals surface area contributed by atoms with Crippen LogP contribution >= 0.6 is 11.8 Å². The Bertz CT molecular complexity index is 356. The largest absolute Gasteiger partial charge is 0.481 e. The maximum Gasteiger partial charge on any atom is 0.315 e. The zero-order valence-corrected chi connectivity index (χ0v) is 12.1. The van der Waals surface area contributed by atoms with Gasteiger partial charge in [0.15, 0.2) is 0 Å². The quantitative estimate of drug-likeness (QED) is 0.736. The van der Waals surface area contributed by atoms with E-state index in [1.807, 2.05) is 11.8 Å². The van der Waals surface area contributed by atoms with Gasteiger partial charge < -0.3 is 15.7 Å². The first-order chi connectivity index (χ1) is 8.98. The van der Waals surface area contributed by atoms with Gasteiger partial charge in [-0.05, 0) is 44.8 Å². The zero-order valence-electron chi connectivity index (χ0n) is 11.3. The van der Waals surface area contributed by atoms with Gasteiger partial charge in [0.2, 0.25) is 0 Å². The van der Waals surface area contributed by atoms with E-state index in [2.05, 4.69) is 17.6 Å². The minimum Gasteiger partial charge on any atom is -0.481 e. The van der Waals surface area contributed by atoms with Gasteiger partial charge in [-0.25, -0.2) is 4.79 Å². The number of thioether (sulfide) groups is 1. The van der Waals surface area contributed by atoms with E-state index in [1.165, 1.54) is 12.2 Å². The molecule has 1 saturated heterocycles. The molecule has 108 valence electrons. The van der Waals surface area contributed by atoms with Gasteiger partial charge in [-0.2, -0.15) is 11.8 Å². The van der Waals surface area contributed by atoms with Crippen LogP contribution in [0.5, 0.6) is 0 Å². The predicted molar refractivity (Wildman–Crippen MR) is 75.4 cm³/mol. The van der Waals surface area contributed by atoms with Gasteiger partial charge in [-0.15, -0.1) is 0 Å². The molecule has 2 amide bonds. The van der Waals surface area contributed by atoms with Gasteiger partial charge in [-0.3, -0.25) is 4.79 Å². The second-order valence-electron chi connectivity index (χ2n) is 5.77. The molecule has 0 aromatic rings. The molecule has 19 heavy (non-hydrogen) atoms. The Kier molecular flexibility index (Phi) is 4.60. The Morgan fingerprint density at radius 2 is 2.21 bits per heavy atom. The van der Waals surface area contributed by atoms with Crippen molar-refractivity contribution in [1.82, 2.24) is 10.6 Å². The number of amides is 2. The van der Waals surface area contributed by atoms with Crippen LogP contribution in [0.4, 0.5) is 4.79 Å². The molecule has 1 heterocycles. The van der Waals surface area contributed by atoms with Crippen molar-refractivity contribution in [2.24, 2.45) is 5.92 Å². The number of carboxylic acid groups (broad SMARTS) is 1. The molecule has 1 aliphatic carbocycles. The summed E-state index contributed by atoms with van der Waals surface area (Å²) < 4.78 is 0.163. The number of hydrogen-bond donors (Lipinski definition) is 3. The molecule has 1 saturated carbocycles. The number of urea groups is 1. The fraction of sp³-hybridized carbons (Fsp3) is 0.846. The second kappa shape index (κ2) is 6.03. The average Bonchev–Trinajstić information content (AvgIpc) is 2.97. The van der Waals surface area contributed by atoms with E-state index in [0.717, 1.165) is 12.8 Å². The van der Waals surface area contributed by atoms with Gasteiger partial charge in [0.25, 0.3) is 0 Å². The maximum atomic E-state index is 11.8. The lowest BCUT2D eigenvalue weighted by molar-refractivity contribution is -0.141. The van der Waals surface area contributed by atoms with Gasteiger partial charge in [0.1, 0.15) is 0 Å². The van der Waals surface area contributed by atoms with Crippen molar-refractivity contribution in [3.05, 3.63) is 0 Å². The summed E-state index contributed by atoms with van der Waals surface area (Å²) in [4.78, 5) is 22.6. The Labute approximate surface area is 117 Å². The molecule has 1 aliphatic heterocycles. The van der Waals surface area contributed by atoms with E-state index >= 15 is 0 Å². The molecular weight excluding hydrogens is 264 g/mol. The number of rotatable bonds is 4. The molecule has 0 spiro atoms. The third kappa shape index (κ3) is 4.03. The lowest BCUT2D eigenvalue weighted by Crippen LogP contribution is -2.45. The van der Waals surface area contributed by atoms with Crippen molar-refractivity contribution in [3.8, 4) is 0 Å². The molecule has 5 nitrogen and oxygen atoms in total.